The number of amides is 1. The molecule has 2 N–H and O–H groups in total. The number of carbonyl (C=O) groups is 1. The normalized spacial score (nSPS) is 11.4. The highest BCUT2D eigenvalue weighted by Crippen LogP contribution is 2.24. The summed E-state index contributed by atoms with van der Waals surface area (Å²) in [5, 5.41) is 12.2. The van der Waals surface area contributed by atoms with E-state index in [2.05, 4.69) is 32.6 Å². The van der Waals surface area contributed by atoms with Crippen molar-refractivity contribution in [1.29, 1.82) is 0 Å². The average Bonchev–Trinajstić information content (AvgIpc) is 3.07. The van der Waals surface area contributed by atoms with Crippen molar-refractivity contribution in [3.63, 3.8) is 0 Å². The van der Waals surface area contributed by atoms with E-state index in [1.165, 1.54) is 6.08 Å². The third-order valence-corrected chi connectivity index (χ3v) is 4.65. The van der Waals surface area contributed by atoms with Crippen LogP contribution < -0.4 is 10.6 Å². The van der Waals surface area contributed by atoms with Gasteiger partial charge in [0, 0.05) is 25.4 Å². The molecule has 0 unspecified atom stereocenters. The van der Waals surface area contributed by atoms with Crippen molar-refractivity contribution in [2.75, 3.05) is 37.4 Å². The van der Waals surface area contributed by atoms with Crippen LogP contribution in [0.3, 0.4) is 0 Å². The van der Waals surface area contributed by atoms with Gasteiger partial charge >= 0.3 is 0 Å². The molecule has 8 nitrogen and oxygen atoms in total. The summed E-state index contributed by atoms with van der Waals surface area (Å²) < 4.78 is 7.19. The second-order valence-corrected chi connectivity index (χ2v) is 6.79. The first-order valence-electron chi connectivity index (χ1n) is 9.28. The molecule has 0 aliphatic rings. The van der Waals surface area contributed by atoms with Crippen LogP contribution in [0, 0.1) is 0 Å². The Balaban J connectivity index is 2.16. The second-order valence-electron chi connectivity index (χ2n) is 5.72. The van der Waals surface area contributed by atoms with Gasteiger partial charge in [-0.25, -0.2) is 14.6 Å². The van der Waals surface area contributed by atoms with E-state index in [0.717, 1.165) is 34.2 Å². The number of hydrogen-bond donors (Lipinski definition) is 2. The predicted octanol–water partition coefficient (Wildman–Crippen LogP) is 2.47. The van der Waals surface area contributed by atoms with Crippen molar-refractivity contribution < 1.29 is 9.53 Å². The molecular formula is C18H28N6O2S. The number of allylic oxidation sites excluding steroid dienone is 1. The summed E-state index contributed by atoms with van der Waals surface area (Å²) in [5.41, 5.74) is 0.766. The Hall–Kier alpha value is -2.13. The van der Waals surface area contributed by atoms with Gasteiger partial charge in [-0.1, -0.05) is 24.8 Å². The zero-order chi connectivity index (χ0) is 19.5. The van der Waals surface area contributed by atoms with Crippen molar-refractivity contribution in [1.82, 2.24) is 25.1 Å². The van der Waals surface area contributed by atoms with Crippen molar-refractivity contribution in [2.45, 2.75) is 38.9 Å². The van der Waals surface area contributed by atoms with E-state index in [-0.39, 0.29) is 5.91 Å². The van der Waals surface area contributed by atoms with Gasteiger partial charge in [0.2, 0.25) is 5.91 Å². The molecule has 2 rings (SSSR count). The van der Waals surface area contributed by atoms with E-state index in [1.54, 1.807) is 28.7 Å². The van der Waals surface area contributed by atoms with E-state index in [0.29, 0.717) is 32.8 Å². The van der Waals surface area contributed by atoms with Gasteiger partial charge < -0.3 is 15.4 Å². The maximum absolute atomic E-state index is 11.6. The van der Waals surface area contributed by atoms with E-state index in [1.807, 2.05) is 13.8 Å². The Morgan fingerprint density at radius 1 is 1.33 bits per heavy atom. The minimum atomic E-state index is -0.110. The Labute approximate surface area is 164 Å². The van der Waals surface area contributed by atoms with Gasteiger partial charge in [-0.2, -0.15) is 5.10 Å². The van der Waals surface area contributed by atoms with Crippen LogP contribution in [0.4, 0.5) is 5.82 Å². The monoisotopic (exact) mass is 392 g/mol. The van der Waals surface area contributed by atoms with Crippen LogP contribution in [0.25, 0.3) is 11.0 Å². The maximum atomic E-state index is 11.6. The zero-order valence-corrected chi connectivity index (χ0v) is 17.0. The first-order chi connectivity index (χ1) is 13.2. The van der Waals surface area contributed by atoms with Gasteiger partial charge in [-0.3, -0.25) is 4.79 Å². The molecular weight excluding hydrogens is 364 g/mol. The number of ether oxygens (including phenoxy) is 1. The number of aromatic nitrogens is 4. The van der Waals surface area contributed by atoms with E-state index < -0.39 is 0 Å². The van der Waals surface area contributed by atoms with Gasteiger partial charge in [0.1, 0.15) is 5.82 Å². The van der Waals surface area contributed by atoms with Gasteiger partial charge in [-0.05, 0) is 26.3 Å². The molecule has 0 atom stereocenters. The molecule has 0 radical (unpaired) electrons. The Bertz CT molecular complexity index is 762. The number of anilines is 1. The molecule has 0 saturated carbocycles. The van der Waals surface area contributed by atoms with Crippen LogP contribution >= 0.6 is 11.8 Å². The van der Waals surface area contributed by atoms with Crippen LogP contribution in [0.1, 0.15) is 27.2 Å². The molecule has 0 bridgehead atoms. The molecule has 0 fully saturated rings. The zero-order valence-electron chi connectivity index (χ0n) is 16.2. The lowest BCUT2D eigenvalue weighted by Crippen LogP contribution is -2.25. The first-order valence-corrected chi connectivity index (χ1v) is 10.3. The minimum Gasteiger partial charge on any atom is -0.380 e. The predicted molar refractivity (Wildman–Crippen MR) is 109 cm³/mol. The van der Waals surface area contributed by atoms with Crippen molar-refractivity contribution in [3.05, 3.63) is 18.3 Å². The summed E-state index contributed by atoms with van der Waals surface area (Å²) in [5.74, 6) is 1.61. The van der Waals surface area contributed by atoms with Crippen molar-refractivity contribution in [3.8, 4) is 0 Å². The summed E-state index contributed by atoms with van der Waals surface area (Å²) in [6.45, 7) is 8.91. The van der Waals surface area contributed by atoms with E-state index in [4.69, 9.17) is 4.74 Å². The molecule has 0 spiro atoms. The SMILES string of the molecule is C/C=C\C(=O)NCCn1ncc2c(NCCOCC)nc(SCCC)nc21. The Morgan fingerprint density at radius 2 is 2.19 bits per heavy atom. The smallest absolute Gasteiger partial charge is 0.243 e. The summed E-state index contributed by atoms with van der Waals surface area (Å²) in [7, 11) is 0. The van der Waals surface area contributed by atoms with E-state index in [9.17, 15) is 4.79 Å². The summed E-state index contributed by atoms with van der Waals surface area (Å²) in [6.07, 6.45) is 6.03. The van der Waals surface area contributed by atoms with Gasteiger partial charge in [0.15, 0.2) is 10.8 Å². The summed E-state index contributed by atoms with van der Waals surface area (Å²) >= 11 is 1.63. The number of hydrogen-bond acceptors (Lipinski definition) is 7. The largest absolute Gasteiger partial charge is 0.380 e. The molecule has 2 heterocycles. The molecule has 0 aliphatic heterocycles. The van der Waals surface area contributed by atoms with Crippen LogP contribution in [-0.4, -0.2) is 57.7 Å². The molecule has 0 aliphatic carbocycles. The van der Waals surface area contributed by atoms with Crippen LogP contribution in [0.5, 0.6) is 0 Å². The highest BCUT2D eigenvalue weighted by atomic mass is 32.2. The molecule has 0 aromatic carbocycles. The van der Waals surface area contributed by atoms with Crippen molar-refractivity contribution in [2.24, 2.45) is 0 Å². The molecule has 148 valence electrons. The fourth-order valence-electron chi connectivity index (χ4n) is 2.37. The molecule has 27 heavy (non-hydrogen) atoms. The van der Waals surface area contributed by atoms with Gasteiger partial charge in [0.05, 0.1) is 24.7 Å². The lowest BCUT2D eigenvalue weighted by Gasteiger charge is -2.10. The molecule has 9 heteroatoms. The van der Waals surface area contributed by atoms with Gasteiger partial charge in [0.25, 0.3) is 0 Å². The van der Waals surface area contributed by atoms with Crippen LogP contribution in [-0.2, 0) is 16.1 Å². The van der Waals surface area contributed by atoms with Crippen molar-refractivity contribution >= 4 is 34.5 Å². The lowest BCUT2D eigenvalue weighted by atomic mass is 10.4. The maximum Gasteiger partial charge on any atom is 0.243 e. The highest BCUT2D eigenvalue weighted by molar-refractivity contribution is 7.99. The number of nitrogens with zero attached hydrogens (tertiary/aromatic N) is 4. The van der Waals surface area contributed by atoms with Gasteiger partial charge in [-0.15, -0.1) is 0 Å². The van der Waals surface area contributed by atoms with Crippen LogP contribution in [0.15, 0.2) is 23.5 Å². The quantitative estimate of drug-likeness (QED) is 0.248. The molecule has 2 aromatic rings. The molecule has 0 saturated heterocycles. The number of fused-ring (bicyclic) bond motifs is 1. The Kier molecular flexibility index (Phi) is 9.06. The Morgan fingerprint density at radius 3 is 2.93 bits per heavy atom. The number of carbonyl (C=O) groups excluding carboxylic acids is 1. The van der Waals surface area contributed by atoms with E-state index >= 15 is 0 Å². The third kappa shape index (κ3) is 6.51. The summed E-state index contributed by atoms with van der Waals surface area (Å²) in [6, 6.07) is 0. The second kappa shape index (κ2) is 11.6. The number of thioether (sulfide) groups is 1. The number of rotatable bonds is 12. The van der Waals surface area contributed by atoms with Crippen LogP contribution in [0.2, 0.25) is 0 Å². The molecule has 2 aromatic heterocycles. The molecule has 1 amide bonds. The standard InChI is InChI=1S/C18H28N6O2S/c1-4-7-15(25)19-8-10-24-17-14(13-21-24)16(20-9-11-26-6-3)22-18(23-17)27-12-5-2/h4,7,13H,5-6,8-12H2,1-3H3,(H,19,25)(H,20,22,23)/b7-4-. The summed E-state index contributed by atoms with van der Waals surface area (Å²) in [4.78, 5) is 20.9. The fourth-order valence-corrected chi connectivity index (χ4v) is 3.07. The topological polar surface area (TPSA) is 94.0 Å². The minimum absolute atomic E-state index is 0.110. The fraction of sp³-hybridized carbons (Fsp3) is 0.556. The first kappa shape index (κ1) is 21.2. The lowest BCUT2D eigenvalue weighted by molar-refractivity contribution is -0.116. The highest BCUT2D eigenvalue weighted by Gasteiger charge is 2.13. The average molecular weight is 393 g/mol. The third-order valence-electron chi connectivity index (χ3n) is 3.59. The number of nitrogens with one attached hydrogen (secondary N) is 2.